The molecule has 12 heteroatoms. The van der Waals surface area contributed by atoms with E-state index < -0.39 is 78.0 Å². The number of carbonyl (C=O) groups excluding carboxylic acids is 1. The molecule has 47 heavy (non-hydrogen) atoms. The highest BCUT2D eigenvalue weighted by atomic mass is 16.7. The van der Waals surface area contributed by atoms with Crippen LogP contribution in [0.2, 0.25) is 0 Å². The van der Waals surface area contributed by atoms with Crippen LogP contribution < -0.4 is 0 Å². The van der Waals surface area contributed by atoms with Gasteiger partial charge in [-0.05, 0) is 77.0 Å². The molecule has 7 aliphatic rings. The van der Waals surface area contributed by atoms with Gasteiger partial charge in [-0.25, -0.2) is 0 Å². The SMILES string of the molecule is CO[C@H]1[C@@H](O)[C@H](O[C@@H]2[C@@H](C)O[C@@H](O[C@@H]3CC[C@@]4(C)[C@@H](CC[C@@]56O[C@@]57CC[C@H](C(C)=O)[C@@]7(C)[C@H](O)[C@@H](O)[C@H]46)C3)C[C@H]2OC)O[C@H](C)[C@H]1O. The molecule has 19 atom stereocenters. The first-order valence-corrected chi connectivity index (χ1v) is 17.8. The number of ketones is 1. The van der Waals surface area contributed by atoms with E-state index in [1.807, 2.05) is 13.8 Å². The Morgan fingerprint density at radius 1 is 0.809 bits per heavy atom. The lowest BCUT2D eigenvalue weighted by atomic mass is 9.43. The third kappa shape index (κ3) is 4.76. The maximum absolute atomic E-state index is 12.7. The molecule has 3 aliphatic heterocycles. The summed E-state index contributed by atoms with van der Waals surface area (Å²) in [7, 11) is 3.05. The van der Waals surface area contributed by atoms with Gasteiger partial charge in [0.25, 0.3) is 0 Å². The van der Waals surface area contributed by atoms with Gasteiger partial charge in [-0.3, -0.25) is 4.79 Å². The second-order valence-corrected chi connectivity index (χ2v) is 16.3. The summed E-state index contributed by atoms with van der Waals surface area (Å²) in [5.74, 6) is -0.163. The van der Waals surface area contributed by atoms with Crippen molar-refractivity contribution >= 4 is 5.78 Å². The summed E-state index contributed by atoms with van der Waals surface area (Å²) in [4.78, 5) is 12.7. The zero-order valence-corrected chi connectivity index (χ0v) is 28.9. The van der Waals surface area contributed by atoms with Crippen molar-refractivity contribution in [2.45, 2.75) is 171 Å². The summed E-state index contributed by atoms with van der Waals surface area (Å²) in [6, 6.07) is 0. The quantitative estimate of drug-likeness (QED) is 0.230. The lowest BCUT2D eigenvalue weighted by Gasteiger charge is -2.61. The normalized spacial score (nSPS) is 58.6. The van der Waals surface area contributed by atoms with Crippen LogP contribution in [0.25, 0.3) is 0 Å². The molecule has 268 valence electrons. The van der Waals surface area contributed by atoms with E-state index in [0.29, 0.717) is 12.8 Å². The van der Waals surface area contributed by atoms with Gasteiger partial charge in [-0.1, -0.05) is 13.8 Å². The zero-order valence-electron chi connectivity index (χ0n) is 28.9. The molecule has 7 rings (SSSR count). The van der Waals surface area contributed by atoms with E-state index in [0.717, 1.165) is 38.5 Å². The molecule has 7 fully saturated rings. The zero-order chi connectivity index (χ0) is 33.8. The van der Waals surface area contributed by atoms with Crippen LogP contribution in [0.5, 0.6) is 0 Å². The molecule has 4 aliphatic carbocycles. The van der Waals surface area contributed by atoms with E-state index in [1.165, 1.54) is 7.11 Å². The molecule has 0 radical (unpaired) electrons. The highest BCUT2D eigenvalue weighted by Gasteiger charge is 2.90. The summed E-state index contributed by atoms with van der Waals surface area (Å²) >= 11 is 0. The molecular formula is C35H56O12. The van der Waals surface area contributed by atoms with E-state index in [1.54, 1.807) is 21.0 Å². The summed E-state index contributed by atoms with van der Waals surface area (Å²) in [6.45, 7) is 9.45. The van der Waals surface area contributed by atoms with E-state index >= 15 is 0 Å². The van der Waals surface area contributed by atoms with Crippen molar-refractivity contribution in [3.8, 4) is 0 Å². The molecule has 3 heterocycles. The van der Waals surface area contributed by atoms with Gasteiger partial charge < -0.3 is 53.6 Å². The Hall–Kier alpha value is -0.770. The number of rotatable bonds is 7. The predicted molar refractivity (Wildman–Crippen MR) is 165 cm³/mol. The van der Waals surface area contributed by atoms with E-state index in [9.17, 15) is 25.2 Å². The molecule has 0 aromatic rings. The second kappa shape index (κ2) is 11.9. The van der Waals surface area contributed by atoms with Crippen molar-refractivity contribution in [2.24, 2.45) is 28.6 Å². The van der Waals surface area contributed by atoms with Crippen LogP contribution in [-0.4, -0.2) is 125 Å². The number of hydrogen-bond acceptors (Lipinski definition) is 12. The van der Waals surface area contributed by atoms with Crippen LogP contribution in [0, 0.1) is 28.6 Å². The van der Waals surface area contributed by atoms with E-state index in [4.69, 9.17) is 33.2 Å². The third-order valence-electron chi connectivity index (χ3n) is 14.3. The Balaban J connectivity index is 1.01. The van der Waals surface area contributed by atoms with Crippen molar-refractivity contribution in [2.75, 3.05) is 14.2 Å². The molecule has 0 aromatic heterocycles. The van der Waals surface area contributed by atoms with Crippen LogP contribution >= 0.6 is 0 Å². The first kappa shape index (κ1) is 34.7. The Labute approximate surface area is 277 Å². The van der Waals surface area contributed by atoms with Gasteiger partial charge in [-0.2, -0.15) is 0 Å². The van der Waals surface area contributed by atoms with Gasteiger partial charge in [0.05, 0.1) is 36.6 Å². The van der Waals surface area contributed by atoms with Crippen molar-refractivity contribution in [1.82, 2.24) is 0 Å². The molecule has 0 aromatic carbocycles. The minimum absolute atomic E-state index is 0.0406. The maximum Gasteiger partial charge on any atom is 0.187 e. The first-order valence-electron chi connectivity index (χ1n) is 17.8. The number of Topliss-reactive ketones (excluding diaryl/α,β-unsaturated/α-hetero) is 1. The number of epoxide rings is 1. The summed E-state index contributed by atoms with van der Waals surface area (Å²) in [5, 5.41) is 44.7. The predicted octanol–water partition coefficient (Wildman–Crippen LogP) is 1.85. The van der Waals surface area contributed by atoms with Gasteiger partial charge in [0, 0.05) is 37.9 Å². The van der Waals surface area contributed by atoms with Crippen LogP contribution in [0.1, 0.15) is 86.0 Å². The molecule has 0 bridgehead atoms. The number of hydrogen-bond donors (Lipinski definition) is 4. The highest BCUT2D eigenvalue weighted by Crippen LogP contribution is 2.81. The molecule has 4 N–H and O–H groups in total. The standard InChI is InChI=1S/C35H56O12/c1-16(36)21-10-13-35-33(21,5)30(40)26(39)29-32(4)11-9-20(14-19(32)8-12-34(29,35)47-35)45-23-15-22(41-6)27(18(3)43-23)46-31-25(38)28(42-7)24(37)17(2)44-31/h17-31,37-40H,8-15H2,1-7H3/t17-,18-,19+,20-,21-,22-,23+,24-,25-,26+,27-,28-,29-,30-,31+,32+,33+,34+,35-/m1/s1. The van der Waals surface area contributed by atoms with Crippen LogP contribution in [0.3, 0.4) is 0 Å². The number of carbonyl (C=O) groups is 1. The summed E-state index contributed by atoms with van der Waals surface area (Å²) < 4.78 is 43.0. The van der Waals surface area contributed by atoms with Gasteiger partial charge in [0.2, 0.25) is 0 Å². The van der Waals surface area contributed by atoms with Crippen molar-refractivity contribution in [1.29, 1.82) is 0 Å². The molecule has 4 saturated carbocycles. The Bertz CT molecular complexity index is 1200. The van der Waals surface area contributed by atoms with Gasteiger partial charge in [0.15, 0.2) is 12.6 Å². The fraction of sp³-hybridized carbons (Fsp3) is 0.971. The number of fused-ring (bicyclic) bond motifs is 2. The third-order valence-corrected chi connectivity index (χ3v) is 14.3. The Kier molecular flexibility index (Phi) is 8.78. The smallest absolute Gasteiger partial charge is 0.187 e. The number of ether oxygens (including phenoxy) is 7. The monoisotopic (exact) mass is 668 g/mol. The fourth-order valence-corrected chi connectivity index (χ4v) is 11.9. The second-order valence-electron chi connectivity index (χ2n) is 16.3. The largest absolute Gasteiger partial charge is 0.390 e. The summed E-state index contributed by atoms with van der Waals surface area (Å²) in [6.07, 6.45) is -2.44. The minimum Gasteiger partial charge on any atom is -0.390 e. The average Bonchev–Trinajstić information content (AvgIpc) is 3.57. The topological polar surface area (TPSA) is 166 Å². The fourth-order valence-electron chi connectivity index (χ4n) is 11.9. The van der Waals surface area contributed by atoms with Crippen LogP contribution in [0.4, 0.5) is 0 Å². The van der Waals surface area contributed by atoms with Crippen molar-refractivity contribution < 1.29 is 58.4 Å². The minimum atomic E-state index is -1.19. The molecule has 2 spiro atoms. The lowest BCUT2D eigenvalue weighted by Crippen LogP contribution is -2.69. The average molecular weight is 669 g/mol. The highest BCUT2D eigenvalue weighted by molar-refractivity contribution is 5.80. The van der Waals surface area contributed by atoms with E-state index in [2.05, 4.69) is 6.92 Å². The molecule has 3 saturated heterocycles. The van der Waals surface area contributed by atoms with Crippen LogP contribution in [-0.2, 0) is 38.0 Å². The van der Waals surface area contributed by atoms with Crippen molar-refractivity contribution in [3.05, 3.63) is 0 Å². The number of aliphatic hydroxyl groups is 4. The number of aliphatic hydroxyl groups excluding tert-OH is 4. The maximum atomic E-state index is 12.7. The van der Waals surface area contributed by atoms with E-state index in [-0.39, 0.29) is 41.2 Å². The summed E-state index contributed by atoms with van der Waals surface area (Å²) in [5.41, 5.74) is -2.07. The number of methoxy groups -OCH3 is 2. The molecule has 12 nitrogen and oxygen atoms in total. The van der Waals surface area contributed by atoms with Gasteiger partial charge >= 0.3 is 0 Å². The molecular weight excluding hydrogens is 612 g/mol. The Morgan fingerprint density at radius 3 is 2.23 bits per heavy atom. The lowest BCUT2D eigenvalue weighted by molar-refractivity contribution is -0.343. The Morgan fingerprint density at radius 2 is 1.55 bits per heavy atom. The molecule has 0 amide bonds. The van der Waals surface area contributed by atoms with Crippen LogP contribution in [0.15, 0.2) is 0 Å². The first-order chi connectivity index (χ1) is 22.2. The van der Waals surface area contributed by atoms with Gasteiger partial charge in [0.1, 0.15) is 41.4 Å². The van der Waals surface area contributed by atoms with Gasteiger partial charge in [-0.15, -0.1) is 0 Å². The molecule has 0 unspecified atom stereocenters. The van der Waals surface area contributed by atoms with Crippen molar-refractivity contribution in [3.63, 3.8) is 0 Å².